The smallest absolute Gasteiger partial charge is 0.415 e. The van der Waals surface area contributed by atoms with Gasteiger partial charge in [-0.3, -0.25) is 10.1 Å². The molecule has 1 saturated carbocycles. The van der Waals surface area contributed by atoms with Crippen LogP contribution in [0.5, 0.6) is 17.2 Å². The fourth-order valence-corrected chi connectivity index (χ4v) is 8.67. The Kier molecular flexibility index (Phi) is 14.2. The summed E-state index contributed by atoms with van der Waals surface area (Å²) in [7, 11) is 1.59. The van der Waals surface area contributed by atoms with Gasteiger partial charge in [-0.2, -0.15) is 0 Å². The first-order valence-electron chi connectivity index (χ1n) is 19.9. The van der Waals surface area contributed by atoms with Gasteiger partial charge in [0.05, 0.1) is 23.2 Å². The van der Waals surface area contributed by atoms with Crippen LogP contribution in [-0.4, -0.2) is 77.1 Å². The highest BCUT2D eigenvalue weighted by Crippen LogP contribution is 2.61. The number of fused-ring (bicyclic) bond motifs is 2. The zero-order valence-electron chi connectivity index (χ0n) is 33.0. The number of halogens is 1. The number of carbonyl (C=O) groups is 1. The topological polar surface area (TPSA) is 162 Å². The van der Waals surface area contributed by atoms with Crippen molar-refractivity contribution in [2.75, 3.05) is 33.5 Å². The average Bonchev–Trinajstić information content (AvgIpc) is 3.23. The lowest BCUT2D eigenvalue weighted by Crippen LogP contribution is -2.69. The number of unbranched alkanes of at least 4 members (excludes halogenated alkanes) is 2. The molecule has 0 aromatic heterocycles. The highest BCUT2D eigenvalue weighted by molar-refractivity contribution is 6.03. The number of carbonyl (C=O) groups excluding carboxylic acids is 1. The SMILES string of the molecule is C=CCOC12Oc3ccc(OCc4ccccc4F)cc3C3C(CCCCO)C(CCCCO)C=C(C(=NOCC)CC1N(C)C(=O)Oc1ccc([N+](=O)[O-])cc1)C32. The van der Waals surface area contributed by atoms with E-state index in [4.69, 9.17) is 23.8 Å². The van der Waals surface area contributed by atoms with Gasteiger partial charge < -0.3 is 38.9 Å². The summed E-state index contributed by atoms with van der Waals surface area (Å²) in [5, 5.41) is 35.5. The van der Waals surface area contributed by atoms with Crippen molar-refractivity contribution in [2.24, 2.45) is 22.9 Å². The van der Waals surface area contributed by atoms with E-state index in [1.54, 1.807) is 37.4 Å². The molecule has 13 nitrogen and oxygen atoms in total. The van der Waals surface area contributed by atoms with Crippen LogP contribution in [0.4, 0.5) is 14.9 Å². The van der Waals surface area contributed by atoms with Crippen molar-refractivity contribution in [3.05, 3.63) is 118 Å². The molecule has 0 saturated heterocycles. The molecule has 2 N–H and O–H groups in total. The number of benzene rings is 3. The van der Waals surface area contributed by atoms with Gasteiger partial charge in [-0.1, -0.05) is 48.3 Å². The molecule has 3 aliphatic rings. The molecule has 0 bridgehead atoms. The highest BCUT2D eigenvalue weighted by atomic mass is 19.1. The Morgan fingerprint density at radius 1 is 1.07 bits per heavy atom. The lowest BCUT2D eigenvalue weighted by Gasteiger charge is -2.59. The van der Waals surface area contributed by atoms with Crippen molar-refractivity contribution in [2.45, 2.75) is 76.2 Å². The van der Waals surface area contributed by atoms with Crippen LogP contribution in [0.25, 0.3) is 0 Å². The molecule has 1 aliphatic heterocycles. The summed E-state index contributed by atoms with van der Waals surface area (Å²) in [5.41, 5.74) is 2.61. The normalized spacial score (nSPS) is 23.8. The van der Waals surface area contributed by atoms with Crippen LogP contribution in [0.15, 0.2) is 96.2 Å². The summed E-state index contributed by atoms with van der Waals surface area (Å²) in [6.07, 6.45) is 7.58. The first-order valence-corrected chi connectivity index (χ1v) is 19.9. The number of nitrogens with zero attached hydrogens (tertiary/aromatic N) is 3. The molecule has 6 rings (SSSR count). The van der Waals surface area contributed by atoms with Crippen LogP contribution in [0.2, 0.25) is 0 Å². The monoisotopic (exact) mass is 801 g/mol. The number of allylic oxidation sites excluding steroid dienone is 1. The molecule has 6 unspecified atom stereocenters. The number of aliphatic hydroxyl groups is 2. The summed E-state index contributed by atoms with van der Waals surface area (Å²) >= 11 is 0. The van der Waals surface area contributed by atoms with E-state index < -0.39 is 28.8 Å². The number of hydrogen-bond donors (Lipinski definition) is 2. The van der Waals surface area contributed by atoms with E-state index in [1.165, 1.54) is 35.2 Å². The van der Waals surface area contributed by atoms with Crippen LogP contribution in [0, 0.1) is 33.7 Å². The van der Waals surface area contributed by atoms with Crippen LogP contribution >= 0.6 is 0 Å². The molecule has 0 spiro atoms. The molecule has 1 heterocycles. The minimum Gasteiger partial charge on any atom is -0.489 e. The zero-order chi connectivity index (χ0) is 41.2. The van der Waals surface area contributed by atoms with Gasteiger partial charge in [-0.05, 0) is 86.4 Å². The summed E-state index contributed by atoms with van der Waals surface area (Å²) in [4.78, 5) is 32.0. The third kappa shape index (κ3) is 9.04. The van der Waals surface area contributed by atoms with Gasteiger partial charge in [0.15, 0.2) is 0 Å². The number of non-ortho nitro benzene ring substituents is 1. The predicted octanol–water partition coefficient (Wildman–Crippen LogP) is 8.10. The fourth-order valence-electron chi connectivity index (χ4n) is 8.67. The van der Waals surface area contributed by atoms with Crippen molar-refractivity contribution in [1.82, 2.24) is 4.90 Å². The van der Waals surface area contributed by atoms with Crippen molar-refractivity contribution in [3.8, 4) is 17.2 Å². The van der Waals surface area contributed by atoms with E-state index in [2.05, 4.69) is 17.8 Å². The van der Waals surface area contributed by atoms with Gasteiger partial charge in [-0.15, -0.1) is 6.58 Å². The third-order valence-electron chi connectivity index (χ3n) is 11.3. The fraction of sp³-hybridized carbons (Fsp3) is 0.455. The zero-order valence-corrected chi connectivity index (χ0v) is 33.0. The Morgan fingerprint density at radius 3 is 2.48 bits per heavy atom. The van der Waals surface area contributed by atoms with E-state index >= 15 is 0 Å². The Morgan fingerprint density at radius 2 is 1.79 bits per heavy atom. The van der Waals surface area contributed by atoms with E-state index in [0.717, 1.165) is 36.8 Å². The largest absolute Gasteiger partial charge is 0.489 e. The highest BCUT2D eigenvalue weighted by Gasteiger charge is 2.65. The van der Waals surface area contributed by atoms with Crippen LogP contribution in [0.3, 0.4) is 0 Å². The standard InChI is InChI=1S/C44H52FN3O10/c1-4-24-55-44-40(47(3)43(51)57-32-18-16-31(17-19-32)48(52)53)27-38(46-56-5-2)35-25-29(12-8-10-22-49)34(14-9-11-23-50)41(42(35)44)36-26-33(20-21-39(36)58-44)54-28-30-13-6-7-15-37(30)45/h4,6-7,13,15-21,25-26,29,34,40-42,49-50H,1,5,8-12,14,22-24,27-28H2,2-3H3. The number of nitro groups is 1. The Bertz CT molecular complexity index is 1970. The molecule has 6 atom stereocenters. The molecular formula is C44H52FN3O10. The number of likely N-dealkylation sites (N-methyl/N-ethyl adjacent to an activating group) is 1. The van der Waals surface area contributed by atoms with Gasteiger partial charge >= 0.3 is 6.09 Å². The van der Waals surface area contributed by atoms with Gasteiger partial charge in [0, 0.05) is 55.9 Å². The molecule has 1 fully saturated rings. The molecule has 3 aromatic carbocycles. The molecular weight excluding hydrogens is 749 g/mol. The predicted molar refractivity (Wildman–Crippen MR) is 214 cm³/mol. The second-order valence-corrected chi connectivity index (χ2v) is 14.8. The Hall–Kier alpha value is -5.31. The maximum atomic E-state index is 14.6. The van der Waals surface area contributed by atoms with E-state index in [0.29, 0.717) is 42.2 Å². The number of nitro benzene ring substituents is 1. The number of rotatable bonds is 19. The van der Waals surface area contributed by atoms with Gasteiger partial charge in [0.1, 0.15) is 42.3 Å². The van der Waals surface area contributed by atoms with Crippen molar-refractivity contribution in [1.29, 1.82) is 0 Å². The number of oxime groups is 1. The number of amides is 1. The third-order valence-corrected chi connectivity index (χ3v) is 11.3. The quantitative estimate of drug-likeness (QED) is 0.0524. The first-order chi connectivity index (χ1) is 28.1. The second-order valence-electron chi connectivity index (χ2n) is 14.8. The molecule has 0 radical (unpaired) electrons. The van der Waals surface area contributed by atoms with E-state index in [1.807, 2.05) is 19.1 Å². The van der Waals surface area contributed by atoms with Crippen molar-refractivity contribution >= 4 is 17.5 Å². The van der Waals surface area contributed by atoms with Crippen molar-refractivity contribution in [3.63, 3.8) is 0 Å². The van der Waals surface area contributed by atoms with Crippen LogP contribution in [0.1, 0.15) is 68.9 Å². The van der Waals surface area contributed by atoms with Crippen molar-refractivity contribution < 1.29 is 48.1 Å². The Balaban J connectivity index is 1.50. The maximum Gasteiger partial charge on any atom is 0.415 e. The van der Waals surface area contributed by atoms with E-state index in [9.17, 15) is 29.5 Å². The first kappa shape index (κ1) is 42.3. The van der Waals surface area contributed by atoms with E-state index in [-0.39, 0.29) is 67.9 Å². The lowest BCUT2D eigenvalue weighted by atomic mass is 9.55. The molecule has 58 heavy (non-hydrogen) atoms. The number of ether oxygens (including phenoxy) is 4. The van der Waals surface area contributed by atoms with Gasteiger partial charge in [-0.25, -0.2) is 9.18 Å². The number of hydrogen-bond acceptors (Lipinski definition) is 11. The summed E-state index contributed by atoms with van der Waals surface area (Å²) in [6, 6.07) is 16.4. The second kappa shape index (κ2) is 19.4. The average molecular weight is 802 g/mol. The minimum atomic E-state index is -1.51. The maximum absolute atomic E-state index is 14.6. The summed E-state index contributed by atoms with van der Waals surface area (Å²) < 4.78 is 40.6. The minimum absolute atomic E-state index is 0.0105. The molecule has 310 valence electrons. The summed E-state index contributed by atoms with van der Waals surface area (Å²) in [5.74, 6) is -1.54. The van der Waals surface area contributed by atoms with Crippen LogP contribution < -0.4 is 14.2 Å². The number of aliphatic hydroxyl groups excluding tert-OH is 2. The molecule has 2 aliphatic carbocycles. The lowest BCUT2D eigenvalue weighted by molar-refractivity contribution is -0.384. The summed E-state index contributed by atoms with van der Waals surface area (Å²) in [6.45, 7) is 6.28. The molecule has 1 amide bonds. The van der Waals surface area contributed by atoms with Crippen LogP contribution in [-0.2, 0) is 16.2 Å². The van der Waals surface area contributed by atoms with Gasteiger partial charge in [0.2, 0.25) is 5.79 Å². The van der Waals surface area contributed by atoms with Gasteiger partial charge in [0.25, 0.3) is 5.69 Å². The Labute approximate surface area is 337 Å². The molecule has 14 heteroatoms. The molecule has 3 aromatic rings.